The van der Waals surface area contributed by atoms with Gasteiger partial charge < -0.3 is 20.3 Å². The maximum Gasteiger partial charge on any atom is 0.323 e. The summed E-state index contributed by atoms with van der Waals surface area (Å²) < 4.78 is 6.31. The number of hydrogen-bond acceptors (Lipinski definition) is 3. The van der Waals surface area contributed by atoms with Gasteiger partial charge in [0.15, 0.2) is 0 Å². The van der Waals surface area contributed by atoms with Gasteiger partial charge in [-0.1, -0.05) is 34.1 Å². The van der Waals surface area contributed by atoms with E-state index in [1.807, 2.05) is 48.5 Å². The average molecular weight is 376 g/mol. The van der Waals surface area contributed by atoms with E-state index < -0.39 is 0 Å². The first-order chi connectivity index (χ1) is 11.2. The van der Waals surface area contributed by atoms with Crippen LogP contribution in [0.25, 0.3) is 0 Å². The van der Waals surface area contributed by atoms with E-state index in [2.05, 4.69) is 31.5 Å². The maximum atomic E-state index is 12.2. The van der Waals surface area contributed by atoms with E-state index in [0.29, 0.717) is 13.2 Å². The van der Waals surface area contributed by atoms with Crippen LogP contribution in [0.1, 0.15) is 0 Å². The van der Waals surface area contributed by atoms with Crippen molar-refractivity contribution in [1.82, 2.24) is 0 Å². The molecule has 0 unspecified atom stereocenters. The first-order valence-electron chi connectivity index (χ1n) is 7.48. The third kappa shape index (κ3) is 4.24. The van der Waals surface area contributed by atoms with Gasteiger partial charge in [-0.15, -0.1) is 0 Å². The predicted molar refractivity (Wildman–Crippen MR) is 96.3 cm³/mol. The third-order valence-corrected chi connectivity index (χ3v) is 4.08. The van der Waals surface area contributed by atoms with Crippen LogP contribution in [-0.4, -0.2) is 32.3 Å². The number of benzene rings is 2. The van der Waals surface area contributed by atoms with Crippen molar-refractivity contribution in [2.24, 2.45) is 0 Å². The molecule has 0 saturated carbocycles. The second-order valence-corrected chi connectivity index (χ2v) is 6.12. The molecule has 1 fully saturated rings. The summed E-state index contributed by atoms with van der Waals surface area (Å²) in [7, 11) is 0. The minimum Gasteiger partial charge on any atom is -0.378 e. The maximum absolute atomic E-state index is 12.2. The van der Waals surface area contributed by atoms with Gasteiger partial charge in [0, 0.05) is 23.2 Å². The van der Waals surface area contributed by atoms with Gasteiger partial charge >= 0.3 is 6.03 Å². The Morgan fingerprint density at radius 1 is 1.04 bits per heavy atom. The topological polar surface area (TPSA) is 53.6 Å². The minimum absolute atomic E-state index is 0.260. The van der Waals surface area contributed by atoms with Crippen LogP contribution < -0.4 is 15.5 Å². The molecule has 3 rings (SSSR count). The number of rotatable bonds is 3. The molecule has 2 amide bonds. The molecule has 0 atom stereocenters. The molecular weight excluding hydrogens is 358 g/mol. The third-order valence-electron chi connectivity index (χ3n) is 3.59. The monoisotopic (exact) mass is 375 g/mol. The summed E-state index contributed by atoms with van der Waals surface area (Å²) in [5.41, 5.74) is 2.54. The second kappa shape index (κ2) is 7.48. The normalized spacial score (nSPS) is 14.4. The fraction of sp³-hybridized carbons (Fsp3) is 0.235. The summed E-state index contributed by atoms with van der Waals surface area (Å²) in [6.45, 7) is 3.06. The van der Waals surface area contributed by atoms with Crippen molar-refractivity contribution in [3.8, 4) is 0 Å². The van der Waals surface area contributed by atoms with Crippen molar-refractivity contribution < 1.29 is 9.53 Å². The molecule has 120 valence electrons. The molecule has 23 heavy (non-hydrogen) atoms. The van der Waals surface area contributed by atoms with Gasteiger partial charge in [0.25, 0.3) is 0 Å². The number of carbonyl (C=O) groups is 1. The number of carbonyl (C=O) groups excluding carboxylic acids is 1. The highest BCUT2D eigenvalue weighted by atomic mass is 79.9. The van der Waals surface area contributed by atoms with Crippen molar-refractivity contribution in [3.63, 3.8) is 0 Å². The van der Waals surface area contributed by atoms with E-state index in [1.54, 1.807) is 0 Å². The van der Waals surface area contributed by atoms with Gasteiger partial charge in [-0.3, -0.25) is 0 Å². The van der Waals surface area contributed by atoms with E-state index in [9.17, 15) is 4.79 Å². The fourth-order valence-electron chi connectivity index (χ4n) is 2.51. The number of para-hydroxylation sites is 2. The zero-order chi connectivity index (χ0) is 16.1. The second-order valence-electron chi connectivity index (χ2n) is 5.21. The summed E-state index contributed by atoms with van der Waals surface area (Å²) in [5.74, 6) is 0. The zero-order valence-corrected chi connectivity index (χ0v) is 14.2. The molecular formula is C17H18BrN3O2. The van der Waals surface area contributed by atoms with Gasteiger partial charge in [0.1, 0.15) is 0 Å². The Hall–Kier alpha value is -2.05. The molecule has 5 nitrogen and oxygen atoms in total. The zero-order valence-electron chi connectivity index (χ0n) is 12.6. The van der Waals surface area contributed by atoms with Crippen molar-refractivity contribution >= 4 is 39.0 Å². The smallest absolute Gasteiger partial charge is 0.323 e. The number of halogens is 1. The molecule has 0 bridgehead atoms. The van der Waals surface area contributed by atoms with Crippen molar-refractivity contribution in [2.75, 3.05) is 41.8 Å². The number of anilines is 3. The number of hydrogen-bond donors (Lipinski definition) is 2. The van der Waals surface area contributed by atoms with Gasteiger partial charge in [0.05, 0.1) is 24.6 Å². The fourth-order valence-corrected chi connectivity index (χ4v) is 2.91. The van der Waals surface area contributed by atoms with Crippen LogP contribution in [0.2, 0.25) is 0 Å². The van der Waals surface area contributed by atoms with Crippen LogP contribution in [0.15, 0.2) is 53.0 Å². The largest absolute Gasteiger partial charge is 0.378 e. The highest BCUT2D eigenvalue weighted by Gasteiger charge is 2.15. The van der Waals surface area contributed by atoms with E-state index >= 15 is 0 Å². The number of nitrogens with zero attached hydrogens (tertiary/aromatic N) is 1. The van der Waals surface area contributed by atoms with Crippen LogP contribution in [0.3, 0.4) is 0 Å². The summed E-state index contributed by atoms with van der Waals surface area (Å²) in [6.07, 6.45) is 0. The number of nitrogens with one attached hydrogen (secondary N) is 2. The van der Waals surface area contributed by atoms with Gasteiger partial charge in [0.2, 0.25) is 0 Å². The standard InChI is InChI=1S/C17H18BrN3O2/c18-13-4-3-5-14(12-13)19-17(22)20-15-6-1-2-7-16(15)21-8-10-23-11-9-21/h1-7,12H,8-11H2,(H2,19,20,22). The first kappa shape index (κ1) is 15.8. The van der Waals surface area contributed by atoms with Gasteiger partial charge in [-0.05, 0) is 30.3 Å². The quantitative estimate of drug-likeness (QED) is 0.854. The average Bonchev–Trinajstić information content (AvgIpc) is 2.56. The Morgan fingerprint density at radius 2 is 1.83 bits per heavy atom. The van der Waals surface area contributed by atoms with Crippen LogP contribution in [0.4, 0.5) is 21.9 Å². The molecule has 0 aromatic heterocycles. The molecule has 1 aliphatic rings. The number of morpholine rings is 1. The lowest BCUT2D eigenvalue weighted by atomic mass is 10.2. The van der Waals surface area contributed by atoms with Gasteiger partial charge in [-0.2, -0.15) is 0 Å². The highest BCUT2D eigenvalue weighted by Crippen LogP contribution is 2.26. The molecule has 0 radical (unpaired) electrons. The van der Waals surface area contributed by atoms with Crippen LogP contribution >= 0.6 is 15.9 Å². The number of amides is 2. The molecule has 0 aliphatic carbocycles. The Morgan fingerprint density at radius 3 is 2.61 bits per heavy atom. The van der Waals surface area contributed by atoms with Crippen LogP contribution in [0.5, 0.6) is 0 Å². The molecule has 1 saturated heterocycles. The lowest BCUT2D eigenvalue weighted by Crippen LogP contribution is -2.36. The molecule has 0 spiro atoms. The van der Waals surface area contributed by atoms with E-state index in [4.69, 9.17) is 4.74 Å². The van der Waals surface area contributed by atoms with Crippen LogP contribution in [-0.2, 0) is 4.74 Å². The Bertz CT molecular complexity index is 687. The molecule has 1 heterocycles. The van der Waals surface area contributed by atoms with Crippen molar-refractivity contribution in [3.05, 3.63) is 53.0 Å². The Labute approximate surface area is 143 Å². The van der Waals surface area contributed by atoms with E-state index in [1.165, 1.54) is 0 Å². The highest BCUT2D eigenvalue weighted by molar-refractivity contribution is 9.10. The van der Waals surface area contributed by atoms with Crippen LogP contribution in [0, 0.1) is 0 Å². The van der Waals surface area contributed by atoms with Gasteiger partial charge in [-0.25, -0.2) is 4.79 Å². The van der Waals surface area contributed by atoms with Crippen molar-refractivity contribution in [2.45, 2.75) is 0 Å². The van der Waals surface area contributed by atoms with Crippen molar-refractivity contribution in [1.29, 1.82) is 0 Å². The SMILES string of the molecule is O=C(Nc1cccc(Br)c1)Nc1ccccc1N1CCOCC1. The molecule has 1 aliphatic heterocycles. The first-order valence-corrected chi connectivity index (χ1v) is 8.27. The lowest BCUT2D eigenvalue weighted by molar-refractivity contribution is 0.123. The summed E-state index contributed by atoms with van der Waals surface area (Å²) in [6, 6.07) is 15.0. The summed E-state index contributed by atoms with van der Waals surface area (Å²) in [5, 5.41) is 5.77. The number of ether oxygens (including phenoxy) is 1. The molecule has 6 heteroatoms. The Kier molecular flexibility index (Phi) is 5.15. The summed E-state index contributed by atoms with van der Waals surface area (Å²) in [4.78, 5) is 14.5. The Balaban J connectivity index is 1.71. The molecule has 2 aromatic carbocycles. The predicted octanol–water partition coefficient (Wildman–Crippen LogP) is 3.93. The lowest BCUT2D eigenvalue weighted by Gasteiger charge is -2.30. The van der Waals surface area contributed by atoms with E-state index in [-0.39, 0.29) is 6.03 Å². The minimum atomic E-state index is -0.260. The molecule has 2 N–H and O–H groups in total. The van der Waals surface area contributed by atoms with E-state index in [0.717, 1.165) is 34.6 Å². The number of urea groups is 1. The molecule has 2 aromatic rings. The summed E-state index contributed by atoms with van der Waals surface area (Å²) >= 11 is 3.39.